The molecular formula is C16H23F3N2. The van der Waals surface area contributed by atoms with Gasteiger partial charge in [-0.1, -0.05) is 23.8 Å². The highest BCUT2D eigenvalue weighted by atomic mass is 19.4. The lowest BCUT2D eigenvalue weighted by Gasteiger charge is -2.18. The Morgan fingerprint density at radius 1 is 1.29 bits per heavy atom. The van der Waals surface area contributed by atoms with Crippen LogP contribution in [0.4, 0.5) is 13.2 Å². The van der Waals surface area contributed by atoms with Crippen molar-refractivity contribution in [1.82, 2.24) is 10.2 Å². The first-order valence-electron chi connectivity index (χ1n) is 7.39. The predicted octanol–water partition coefficient (Wildman–Crippen LogP) is 3.28. The molecular weight excluding hydrogens is 277 g/mol. The van der Waals surface area contributed by atoms with Crippen molar-refractivity contribution in [3.63, 3.8) is 0 Å². The van der Waals surface area contributed by atoms with Crippen molar-refractivity contribution in [2.75, 3.05) is 26.2 Å². The molecule has 1 saturated heterocycles. The summed E-state index contributed by atoms with van der Waals surface area (Å²) in [6, 6.07) is 6.35. The molecule has 2 rings (SSSR count). The Kier molecular flexibility index (Phi) is 5.27. The molecule has 1 unspecified atom stereocenters. The molecule has 1 fully saturated rings. The van der Waals surface area contributed by atoms with E-state index < -0.39 is 12.7 Å². The average molecular weight is 300 g/mol. The van der Waals surface area contributed by atoms with Crippen LogP contribution >= 0.6 is 0 Å². The van der Waals surface area contributed by atoms with Crippen molar-refractivity contribution in [3.05, 3.63) is 34.9 Å². The second-order valence-corrected chi connectivity index (χ2v) is 6.07. The number of hydrogen-bond donors (Lipinski definition) is 1. The molecule has 1 aliphatic heterocycles. The van der Waals surface area contributed by atoms with Crippen molar-refractivity contribution in [2.24, 2.45) is 5.92 Å². The minimum absolute atomic E-state index is 0.318. The summed E-state index contributed by atoms with van der Waals surface area (Å²) in [5.74, 6) is 0.318. The molecule has 1 aromatic carbocycles. The first-order valence-corrected chi connectivity index (χ1v) is 7.39. The zero-order chi connectivity index (χ0) is 15.5. The van der Waals surface area contributed by atoms with E-state index in [0.29, 0.717) is 19.0 Å². The molecule has 21 heavy (non-hydrogen) atoms. The zero-order valence-electron chi connectivity index (χ0n) is 12.6. The SMILES string of the molecule is Cc1ccc(CNCC2CCN(CC(F)(F)F)C2)c(C)c1. The van der Waals surface area contributed by atoms with Gasteiger partial charge in [-0.05, 0) is 50.4 Å². The van der Waals surface area contributed by atoms with E-state index in [1.807, 2.05) is 0 Å². The molecule has 2 nitrogen and oxygen atoms in total. The number of nitrogens with one attached hydrogen (secondary N) is 1. The summed E-state index contributed by atoms with van der Waals surface area (Å²) < 4.78 is 37.0. The fourth-order valence-corrected chi connectivity index (χ4v) is 2.93. The largest absolute Gasteiger partial charge is 0.401 e. The molecule has 0 radical (unpaired) electrons. The monoisotopic (exact) mass is 300 g/mol. The van der Waals surface area contributed by atoms with E-state index in [0.717, 1.165) is 19.5 Å². The standard InChI is InChI=1S/C16H23F3N2/c1-12-3-4-15(13(2)7-12)9-20-8-14-5-6-21(10-14)11-16(17,18)19/h3-4,7,14,20H,5-6,8-11H2,1-2H3. The highest BCUT2D eigenvalue weighted by molar-refractivity contribution is 5.30. The number of halogens is 3. The van der Waals surface area contributed by atoms with Gasteiger partial charge < -0.3 is 5.32 Å². The Balaban J connectivity index is 1.72. The second-order valence-electron chi connectivity index (χ2n) is 6.07. The van der Waals surface area contributed by atoms with Crippen LogP contribution < -0.4 is 5.32 Å². The molecule has 0 aromatic heterocycles. The van der Waals surface area contributed by atoms with Gasteiger partial charge in [0.1, 0.15) is 0 Å². The van der Waals surface area contributed by atoms with E-state index in [-0.39, 0.29) is 0 Å². The fourth-order valence-electron chi connectivity index (χ4n) is 2.93. The number of benzene rings is 1. The summed E-state index contributed by atoms with van der Waals surface area (Å²) in [4.78, 5) is 1.50. The highest BCUT2D eigenvalue weighted by Gasteiger charge is 2.34. The molecule has 0 saturated carbocycles. The van der Waals surface area contributed by atoms with Crippen molar-refractivity contribution < 1.29 is 13.2 Å². The van der Waals surface area contributed by atoms with Crippen LogP contribution in [0.2, 0.25) is 0 Å². The van der Waals surface area contributed by atoms with Crippen LogP contribution in [0.3, 0.4) is 0 Å². The molecule has 5 heteroatoms. The summed E-state index contributed by atoms with van der Waals surface area (Å²) in [6.45, 7) is 6.03. The molecule has 0 bridgehead atoms. The van der Waals surface area contributed by atoms with Gasteiger partial charge >= 0.3 is 6.18 Å². The van der Waals surface area contributed by atoms with Gasteiger partial charge in [0, 0.05) is 13.1 Å². The number of nitrogens with zero attached hydrogens (tertiary/aromatic N) is 1. The van der Waals surface area contributed by atoms with Gasteiger partial charge in [0.15, 0.2) is 0 Å². The van der Waals surface area contributed by atoms with E-state index in [1.165, 1.54) is 21.6 Å². The van der Waals surface area contributed by atoms with Crippen LogP contribution in [0.15, 0.2) is 18.2 Å². The third-order valence-electron chi connectivity index (χ3n) is 4.02. The van der Waals surface area contributed by atoms with E-state index in [2.05, 4.69) is 37.4 Å². The average Bonchev–Trinajstić information content (AvgIpc) is 2.77. The molecule has 0 spiro atoms. The van der Waals surface area contributed by atoms with Crippen molar-refractivity contribution in [2.45, 2.75) is 33.0 Å². The van der Waals surface area contributed by atoms with Crippen molar-refractivity contribution in [1.29, 1.82) is 0 Å². The fraction of sp³-hybridized carbons (Fsp3) is 0.625. The quantitative estimate of drug-likeness (QED) is 0.898. The molecule has 1 atom stereocenters. The van der Waals surface area contributed by atoms with Crippen LogP contribution in [0.1, 0.15) is 23.1 Å². The molecule has 0 aliphatic carbocycles. The maximum absolute atomic E-state index is 12.3. The van der Waals surface area contributed by atoms with Crippen LogP contribution in [-0.2, 0) is 6.54 Å². The highest BCUT2D eigenvalue weighted by Crippen LogP contribution is 2.22. The zero-order valence-corrected chi connectivity index (χ0v) is 12.6. The van der Waals surface area contributed by atoms with E-state index in [4.69, 9.17) is 0 Å². The summed E-state index contributed by atoms with van der Waals surface area (Å²) in [5, 5.41) is 3.38. The summed E-state index contributed by atoms with van der Waals surface area (Å²) >= 11 is 0. The number of rotatable bonds is 5. The van der Waals surface area contributed by atoms with E-state index in [1.54, 1.807) is 0 Å². The maximum atomic E-state index is 12.3. The van der Waals surface area contributed by atoms with Crippen molar-refractivity contribution >= 4 is 0 Å². The second kappa shape index (κ2) is 6.79. The Labute approximate surface area is 124 Å². The van der Waals surface area contributed by atoms with E-state index in [9.17, 15) is 13.2 Å². The van der Waals surface area contributed by atoms with Gasteiger partial charge in [-0.3, -0.25) is 4.90 Å². The molecule has 1 N–H and O–H groups in total. The first-order chi connectivity index (χ1) is 9.83. The van der Waals surface area contributed by atoms with Crippen LogP contribution in [0.25, 0.3) is 0 Å². The number of alkyl halides is 3. The minimum atomic E-state index is -4.08. The molecule has 1 aromatic rings. The molecule has 0 amide bonds. The van der Waals surface area contributed by atoms with Crippen LogP contribution in [0, 0.1) is 19.8 Å². The minimum Gasteiger partial charge on any atom is -0.312 e. The Morgan fingerprint density at radius 2 is 2.05 bits per heavy atom. The van der Waals surface area contributed by atoms with Gasteiger partial charge in [0.05, 0.1) is 6.54 Å². The number of hydrogen-bond acceptors (Lipinski definition) is 2. The number of likely N-dealkylation sites (tertiary alicyclic amines) is 1. The van der Waals surface area contributed by atoms with Crippen LogP contribution in [-0.4, -0.2) is 37.3 Å². The topological polar surface area (TPSA) is 15.3 Å². The van der Waals surface area contributed by atoms with Crippen molar-refractivity contribution in [3.8, 4) is 0 Å². The molecule has 1 heterocycles. The van der Waals surface area contributed by atoms with Gasteiger partial charge in [0.25, 0.3) is 0 Å². The van der Waals surface area contributed by atoms with Gasteiger partial charge in [0.2, 0.25) is 0 Å². The molecule has 118 valence electrons. The van der Waals surface area contributed by atoms with Gasteiger partial charge in [-0.2, -0.15) is 13.2 Å². The lowest BCUT2D eigenvalue weighted by atomic mass is 10.1. The van der Waals surface area contributed by atoms with Gasteiger partial charge in [-0.25, -0.2) is 0 Å². The Hall–Kier alpha value is -1.07. The third kappa shape index (κ3) is 5.32. The third-order valence-corrected chi connectivity index (χ3v) is 4.02. The van der Waals surface area contributed by atoms with E-state index >= 15 is 0 Å². The Morgan fingerprint density at radius 3 is 2.71 bits per heavy atom. The molecule has 1 aliphatic rings. The summed E-state index contributed by atoms with van der Waals surface area (Å²) in [5.41, 5.74) is 3.76. The smallest absolute Gasteiger partial charge is 0.312 e. The van der Waals surface area contributed by atoms with Crippen LogP contribution in [0.5, 0.6) is 0 Å². The maximum Gasteiger partial charge on any atom is 0.401 e. The number of aryl methyl sites for hydroxylation is 2. The predicted molar refractivity (Wildman–Crippen MR) is 78.2 cm³/mol. The summed E-state index contributed by atoms with van der Waals surface area (Å²) in [7, 11) is 0. The lowest BCUT2D eigenvalue weighted by Crippen LogP contribution is -2.33. The summed E-state index contributed by atoms with van der Waals surface area (Å²) in [6.07, 6.45) is -3.24. The normalized spacial score (nSPS) is 20.1. The Bertz CT molecular complexity index is 471. The first kappa shape index (κ1) is 16.3. The van der Waals surface area contributed by atoms with Gasteiger partial charge in [-0.15, -0.1) is 0 Å². The lowest BCUT2D eigenvalue weighted by molar-refractivity contribution is -0.143.